The SMILES string of the molecule is CCCCCCCCCCCCCCCC(=O)c1ncccc1C(=O)O. The van der Waals surface area contributed by atoms with E-state index in [0.717, 1.165) is 19.3 Å². The van der Waals surface area contributed by atoms with Gasteiger partial charge in [-0.15, -0.1) is 0 Å². The maximum atomic E-state index is 12.1. The molecule has 0 aliphatic rings. The molecule has 4 nitrogen and oxygen atoms in total. The van der Waals surface area contributed by atoms with Crippen LogP contribution in [0.5, 0.6) is 0 Å². The highest BCUT2D eigenvalue weighted by Crippen LogP contribution is 2.14. The van der Waals surface area contributed by atoms with Crippen molar-refractivity contribution in [3.8, 4) is 0 Å². The van der Waals surface area contributed by atoms with Crippen molar-refractivity contribution < 1.29 is 14.7 Å². The van der Waals surface area contributed by atoms with Gasteiger partial charge in [0, 0.05) is 12.6 Å². The molecule has 1 rings (SSSR count). The van der Waals surface area contributed by atoms with Crippen molar-refractivity contribution >= 4 is 11.8 Å². The number of aromatic nitrogens is 1. The number of carbonyl (C=O) groups is 2. The quantitative estimate of drug-likeness (QED) is 0.271. The number of pyridine rings is 1. The van der Waals surface area contributed by atoms with Gasteiger partial charge in [-0.2, -0.15) is 0 Å². The van der Waals surface area contributed by atoms with Crippen molar-refractivity contribution in [3.05, 3.63) is 29.6 Å². The van der Waals surface area contributed by atoms with Gasteiger partial charge in [0.25, 0.3) is 0 Å². The van der Waals surface area contributed by atoms with E-state index in [1.807, 2.05) is 0 Å². The molecule has 1 N–H and O–H groups in total. The molecule has 4 heteroatoms. The van der Waals surface area contributed by atoms with E-state index >= 15 is 0 Å². The molecule has 0 atom stereocenters. The predicted octanol–water partition coefficient (Wildman–Crippen LogP) is 6.44. The lowest BCUT2D eigenvalue weighted by Gasteiger charge is -2.05. The smallest absolute Gasteiger partial charge is 0.338 e. The van der Waals surface area contributed by atoms with Crippen LogP contribution in [0.4, 0.5) is 0 Å². The Morgan fingerprint density at radius 3 is 1.85 bits per heavy atom. The van der Waals surface area contributed by atoms with E-state index in [9.17, 15) is 9.59 Å². The number of carbonyl (C=O) groups excluding carboxylic acids is 1. The third kappa shape index (κ3) is 9.69. The van der Waals surface area contributed by atoms with Crippen LogP contribution in [0, 0.1) is 0 Å². The zero-order valence-corrected chi connectivity index (χ0v) is 16.3. The lowest BCUT2D eigenvalue weighted by Crippen LogP contribution is -2.10. The van der Waals surface area contributed by atoms with Gasteiger partial charge in [-0.1, -0.05) is 84.0 Å². The molecule has 26 heavy (non-hydrogen) atoms. The molecule has 0 aliphatic heterocycles. The summed E-state index contributed by atoms with van der Waals surface area (Å²) in [7, 11) is 0. The number of Topliss-reactive ketones (excluding diaryl/α,β-unsaturated/α-hetero) is 1. The molecule has 0 fully saturated rings. The second-order valence-electron chi connectivity index (χ2n) is 7.12. The van der Waals surface area contributed by atoms with Crippen LogP contribution >= 0.6 is 0 Å². The number of nitrogens with zero attached hydrogens (tertiary/aromatic N) is 1. The molecular weight excluding hydrogens is 326 g/mol. The summed E-state index contributed by atoms with van der Waals surface area (Å²) in [6.45, 7) is 2.25. The summed E-state index contributed by atoms with van der Waals surface area (Å²) in [6, 6.07) is 2.98. The lowest BCUT2D eigenvalue weighted by molar-refractivity contribution is 0.0690. The normalized spacial score (nSPS) is 10.8. The first-order chi connectivity index (χ1) is 12.7. The molecule has 0 bridgehead atoms. The predicted molar refractivity (Wildman–Crippen MR) is 106 cm³/mol. The van der Waals surface area contributed by atoms with Gasteiger partial charge in [0.15, 0.2) is 5.78 Å². The van der Waals surface area contributed by atoms with Crippen LogP contribution in [-0.2, 0) is 0 Å². The van der Waals surface area contributed by atoms with Gasteiger partial charge in [0.1, 0.15) is 5.69 Å². The lowest BCUT2D eigenvalue weighted by atomic mass is 10.0. The monoisotopic (exact) mass is 361 g/mol. The highest BCUT2D eigenvalue weighted by Gasteiger charge is 2.16. The maximum absolute atomic E-state index is 12.1. The van der Waals surface area contributed by atoms with Crippen molar-refractivity contribution in [2.24, 2.45) is 0 Å². The summed E-state index contributed by atoms with van der Waals surface area (Å²) >= 11 is 0. The average Bonchev–Trinajstić information content (AvgIpc) is 2.65. The Kier molecular flexibility index (Phi) is 12.4. The van der Waals surface area contributed by atoms with Crippen molar-refractivity contribution in [2.45, 2.75) is 96.8 Å². The van der Waals surface area contributed by atoms with E-state index in [1.165, 1.54) is 76.5 Å². The van der Waals surface area contributed by atoms with Crippen molar-refractivity contribution in [2.75, 3.05) is 0 Å². The van der Waals surface area contributed by atoms with Crippen LogP contribution in [0.15, 0.2) is 18.3 Å². The minimum absolute atomic E-state index is 0.00666. The molecule has 1 heterocycles. The van der Waals surface area contributed by atoms with Crippen molar-refractivity contribution in [1.82, 2.24) is 4.98 Å². The summed E-state index contributed by atoms with van der Waals surface area (Å²) in [5.74, 6) is -1.25. The summed E-state index contributed by atoms with van der Waals surface area (Å²) in [5, 5.41) is 9.11. The first-order valence-electron chi connectivity index (χ1n) is 10.4. The van der Waals surface area contributed by atoms with Crippen LogP contribution in [-0.4, -0.2) is 21.8 Å². The highest BCUT2D eigenvalue weighted by molar-refractivity contribution is 6.04. The minimum atomic E-state index is -1.09. The molecule has 0 spiro atoms. The summed E-state index contributed by atoms with van der Waals surface area (Å²) in [6.07, 6.45) is 18.3. The molecule has 0 saturated heterocycles. The fourth-order valence-corrected chi connectivity index (χ4v) is 3.22. The Morgan fingerprint density at radius 2 is 1.35 bits per heavy atom. The van der Waals surface area contributed by atoms with E-state index in [-0.39, 0.29) is 17.0 Å². The molecule has 1 aromatic heterocycles. The van der Waals surface area contributed by atoms with Crippen molar-refractivity contribution in [3.63, 3.8) is 0 Å². The molecule has 0 radical (unpaired) electrons. The van der Waals surface area contributed by atoms with Crippen LogP contribution in [0.2, 0.25) is 0 Å². The molecule has 0 unspecified atom stereocenters. The first-order valence-corrected chi connectivity index (χ1v) is 10.4. The van der Waals surface area contributed by atoms with E-state index in [0.29, 0.717) is 6.42 Å². The fraction of sp³-hybridized carbons (Fsp3) is 0.682. The number of ketones is 1. The summed E-state index contributed by atoms with van der Waals surface area (Å²) in [4.78, 5) is 27.2. The van der Waals surface area contributed by atoms with Gasteiger partial charge in [0.05, 0.1) is 5.56 Å². The van der Waals surface area contributed by atoms with Gasteiger partial charge in [-0.05, 0) is 18.6 Å². The number of hydrogen-bond acceptors (Lipinski definition) is 3. The summed E-state index contributed by atoms with van der Waals surface area (Å²) < 4.78 is 0. The number of rotatable bonds is 16. The zero-order valence-electron chi connectivity index (χ0n) is 16.3. The van der Waals surface area contributed by atoms with Gasteiger partial charge < -0.3 is 5.11 Å². The molecule has 0 amide bonds. The molecule has 0 aromatic carbocycles. The van der Waals surface area contributed by atoms with Gasteiger partial charge in [0.2, 0.25) is 0 Å². The molecular formula is C22H35NO3. The summed E-state index contributed by atoms with van der Waals surface area (Å²) in [5.41, 5.74) is 0.103. The second-order valence-corrected chi connectivity index (χ2v) is 7.12. The first kappa shape index (κ1) is 22.3. The van der Waals surface area contributed by atoms with Crippen LogP contribution in [0.25, 0.3) is 0 Å². The van der Waals surface area contributed by atoms with Gasteiger partial charge in [-0.25, -0.2) is 4.79 Å². The Bertz CT molecular complexity index is 528. The van der Waals surface area contributed by atoms with Crippen LogP contribution in [0.1, 0.15) is 118 Å². The number of carboxylic acid groups (broad SMARTS) is 1. The van der Waals surface area contributed by atoms with Crippen molar-refractivity contribution in [1.29, 1.82) is 0 Å². The topological polar surface area (TPSA) is 67.3 Å². The van der Waals surface area contributed by atoms with Gasteiger partial charge in [-0.3, -0.25) is 9.78 Å². The third-order valence-corrected chi connectivity index (χ3v) is 4.81. The number of carboxylic acids is 1. The highest BCUT2D eigenvalue weighted by atomic mass is 16.4. The zero-order chi connectivity index (χ0) is 19.0. The maximum Gasteiger partial charge on any atom is 0.338 e. The van der Waals surface area contributed by atoms with E-state index in [1.54, 1.807) is 6.07 Å². The molecule has 0 aliphatic carbocycles. The average molecular weight is 362 g/mol. The minimum Gasteiger partial charge on any atom is -0.478 e. The third-order valence-electron chi connectivity index (χ3n) is 4.81. The Balaban J connectivity index is 2.01. The number of aromatic carboxylic acids is 1. The standard InChI is InChI=1S/C22H35NO3/c1-2-3-4-5-6-7-8-9-10-11-12-13-14-17-20(24)21-19(22(25)26)16-15-18-23-21/h15-16,18H,2-14,17H2,1H3,(H,25,26). The van der Waals surface area contributed by atoms with Gasteiger partial charge >= 0.3 is 5.97 Å². The van der Waals surface area contributed by atoms with E-state index < -0.39 is 5.97 Å². The van der Waals surface area contributed by atoms with E-state index in [2.05, 4.69) is 11.9 Å². The number of hydrogen-bond donors (Lipinski definition) is 1. The molecule has 146 valence electrons. The van der Waals surface area contributed by atoms with Crippen LogP contribution < -0.4 is 0 Å². The van der Waals surface area contributed by atoms with E-state index in [4.69, 9.17) is 5.11 Å². The fourth-order valence-electron chi connectivity index (χ4n) is 3.22. The Hall–Kier alpha value is -1.71. The second kappa shape index (κ2) is 14.5. The van der Waals surface area contributed by atoms with Crippen LogP contribution in [0.3, 0.4) is 0 Å². The largest absolute Gasteiger partial charge is 0.478 e. The number of unbranched alkanes of at least 4 members (excludes halogenated alkanes) is 12. The Labute approximate surface area is 158 Å². The molecule has 0 saturated carbocycles. The molecule has 1 aromatic rings. The Morgan fingerprint density at radius 1 is 0.846 bits per heavy atom.